The molecule has 0 unspecified atom stereocenters. The Morgan fingerprint density at radius 1 is 0.780 bits per heavy atom. The number of benzene rings is 4. The van der Waals surface area contributed by atoms with Gasteiger partial charge in [0, 0.05) is 34.2 Å². The average Bonchev–Trinajstić information content (AvgIpc) is 3.36. The first kappa shape index (κ1) is 25.7. The second-order valence-corrected chi connectivity index (χ2v) is 10.1. The summed E-state index contributed by atoms with van der Waals surface area (Å²) in [5, 5.41) is 20.8. The lowest BCUT2D eigenvalue weighted by molar-refractivity contribution is -0.384. The number of aromatic nitrogens is 1. The van der Waals surface area contributed by atoms with E-state index < -0.39 is 4.92 Å². The summed E-state index contributed by atoms with van der Waals surface area (Å²) >= 11 is 1.25. The number of nitro benzene ring substituents is 1. The van der Waals surface area contributed by atoms with Crippen molar-refractivity contribution in [3.05, 3.63) is 136 Å². The van der Waals surface area contributed by atoms with E-state index in [-0.39, 0.29) is 11.5 Å². The van der Waals surface area contributed by atoms with Crippen LogP contribution in [0.4, 0.5) is 22.7 Å². The maximum Gasteiger partial charge on any atom is 0.269 e. The van der Waals surface area contributed by atoms with Crippen LogP contribution in [0.25, 0.3) is 32.6 Å². The lowest BCUT2D eigenvalue weighted by atomic mass is 9.96. The van der Waals surface area contributed by atoms with E-state index in [1.54, 1.807) is 12.1 Å². The van der Waals surface area contributed by atoms with Crippen molar-refractivity contribution in [3.8, 4) is 22.4 Å². The first-order chi connectivity index (χ1) is 20.0. The minimum absolute atomic E-state index is 0.0383. The lowest BCUT2D eigenvalue weighted by Crippen LogP contribution is -2.01. The predicted octanol–water partition coefficient (Wildman–Crippen LogP) is 8.77. The van der Waals surface area contributed by atoms with E-state index in [4.69, 9.17) is 10.7 Å². The Balaban J connectivity index is 1.63. The minimum Gasteiger partial charge on any atom is -0.397 e. The van der Waals surface area contributed by atoms with Crippen molar-refractivity contribution in [2.24, 2.45) is 10.2 Å². The Morgan fingerprint density at radius 2 is 1.37 bits per heavy atom. The summed E-state index contributed by atoms with van der Waals surface area (Å²) in [5.41, 5.74) is 11.4. The highest BCUT2D eigenvalue weighted by atomic mass is 32.1. The van der Waals surface area contributed by atoms with Crippen LogP contribution in [0.15, 0.2) is 125 Å². The van der Waals surface area contributed by atoms with E-state index in [1.807, 2.05) is 78.9 Å². The van der Waals surface area contributed by atoms with E-state index in [0.717, 1.165) is 11.1 Å². The fraction of sp³-hybridized carbons (Fsp3) is 0. The third kappa shape index (κ3) is 4.97. The van der Waals surface area contributed by atoms with E-state index in [0.29, 0.717) is 49.0 Å². The number of nitrogens with two attached hydrogens (primary N) is 1. The summed E-state index contributed by atoms with van der Waals surface area (Å²) in [6.07, 6.45) is 0. The van der Waals surface area contributed by atoms with Gasteiger partial charge in [-0.05, 0) is 17.7 Å². The highest BCUT2D eigenvalue weighted by Crippen LogP contribution is 2.48. The van der Waals surface area contributed by atoms with Gasteiger partial charge < -0.3 is 5.73 Å². The van der Waals surface area contributed by atoms with Crippen molar-refractivity contribution in [1.29, 1.82) is 0 Å². The first-order valence-corrected chi connectivity index (χ1v) is 13.5. The number of carbonyl (C=O) groups is 1. The predicted molar refractivity (Wildman–Crippen MR) is 162 cm³/mol. The molecule has 4 aromatic carbocycles. The van der Waals surface area contributed by atoms with Crippen LogP contribution in [0.1, 0.15) is 15.2 Å². The van der Waals surface area contributed by atoms with Crippen molar-refractivity contribution >= 4 is 50.1 Å². The molecule has 0 aliphatic rings. The highest BCUT2D eigenvalue weighted by molar-refractivity contribution is 7.21. The highest BCUT2D eigenvalue weighted by Gasteiger charge is 2.26. The van der Waals surface area contributed by atoms with Crippen molar-refractivity contribution in [3.63, 3.8) is 0 Å². The zero-order chi connectivity index (χ0) is 28.3. The fourth-order valence-corrected chi connectivity index (χ4v) is 5.63. The molecule has 0 amide bonds. The van der Waals surface area contributed by atoms with Gasteiger partial charge in [0.1, 0.15) is 21.1 Å². The molecule has 0 aliphatic carbocycles. The standard InChI is InChI=1S/C32H21N5O3S/c33-27-26-25(20-10-4-1-5-11-20)29(36-35-23-16-18-24(19-17-23)37(39)40)28(21-12-6-2-7-13-21)34-32(26)41-31(27)30(38)22-14-8-3-9-15-22/h1-19H,33H2. The molecule has 0 radical (unpaired) electrons. The number of ketones is 1. The van der Waals surface area contributed by atoms with Crippen LogP contribution < -0.4 is 5.73 Å². The number of azo groups is 1. The SMILES string of the molecule is Nc1c(C(=O)c2ccccc2)sc2nc(-c3ccccc3)c(N=Nc3ccc([N+](=O)[O-])cc3)c(-c3ccccc3)c12. The zero-order valence-electron chi connectivity index (χ0n) is 21.5. The van der Waals surface area contributed by atoms with Gasteiger partial charge in [0.2, 0.25) is 5.78 Å². The molecule has 2 heterocycles. The topological polar surface area (TPSA) is 124 Å². The number of hydrogen-bond donors (Lipinski definition) is 1. The molecule has 6 aromatic rings. The third-order valence-electron chi connectivity index (χ3n) is 6.53. The molecule has 41 heavy (non-hydrogen) atoms. The largest absolute Gasteiger partial charge is 0.397 e. The number of nitro groups is 1. The van der Waals surface area contributed by atoms with Gasteiger partial charge >= 0.3 is 0 Å². The number of nitrogen functional groups attached to an aromatic ring is 1. The van der Waals surface area contributed by atoms with Crippen LogP contribution in [-0.2, 0) is 0 Å². The van der Waals surface area contributed by atoms with Crippen molar-refractivity contribution in [2.45, 2.75) is 0 Å². The quantitative estimate of drug-likeness (QED) is 0.0912. The zero-order valence-corrected chi connectivity index (χ0v) is 22.3. The summed E-state index contributed by atoms with van der Waals surface area (Å²) < 4.78 is 0. The number of fused-ring (bicyclic) bond motifs is 1. The van der Waals surface area contributed by atoms with E-state index >= 15 is 0 Å². The molecule has 9 heteroatoms. The summed E-state index contributed by atoms with van der Waals surface area (Å²) in [7, 11) is 0. The molecule has 0 fully saturated rings. The Bertz CT molecular complexity index is 1920. The van der Waals surface area contributed by atoms with Crippen LogP contribution in [0.5, 0.6) is 0 Å². The number of carbonyl (C=O) groups excluding carboxylic acids is 1. The van der Waals surface area contributed by atoms with Gasteiger partial charge in [0.05, 0.1) is 16.3 Å². The molecule has 0 spiro atoms. The number of rotatable bonds is 7. The smallest absolute Gasteiger partial charge is 0.269 e. The summed E-state index contributed by atoms with van der Waals surface area (Å²) in [4.78, 5) is 30.1. The van der Waals surface area contributed by atoms with Gasteiger partial charge in [-0.25, -0.2) is 4.98 Å². The first-order valence-electron chi connectivity index (χ1n) is 12.6. The summed E-state index contributed by atoms with van der Waals surface area (Å²) in [6.45, 7) is 0. The van der Waals surface area contributed by atoms with Crippen molar-refractivity contribution in [1.82, 2.24) is 4.98 Å². The van der Waals surface area contributed by atoms with Gasteiger partial charge in [0.25, 0.3) is 5.69 Å². The normalized spacial score (nSPS) is 11.2. The Hall–Kier alpha value is -5.54. The molecular weight excluding hydrogens is 534 g/mol. The van der Waals surface area contributed by atoms with Gasteiger partial charge in [0.15, 0.2) is 0 Å². The molecule has 2 N–H and O–H groups in total. The van der Waals surface area contributed by atoms with Crippen LogP contribution in [-0.4, -0.2) is 15.7 Å². The lowest BCUT2D eigenvalue weighted by Gasteiger charge is -2.13. The molecule has 0 saturated heterocycles. The maximum absolute atomic E-state index is 13.5. The molecule has 198 valence electrons. The van der Waals surface area contributed by atoms with Crippen LogP contribution in [0.3, 0.4) is 0 Å². The molecule has 0 aliphatic heterocycles. The molecule has 0 atom stereocenters. The number of pyridine rings is 1. The summed E-state index contributed by atoms with van der Waals surface area (Å²) in [6, 6.07) is 34.1. The fourth-order valence-electron chi connectivity index (χ4n) is 4.56. The number of thiophene rings is 1. The van der Waals surface area contributed by atoms with Gasteiger partial charge in [-0.1, -0.05) is 91.0 Å². The maximum atomic E-state index is 13.5. The Labute approximate surface area is 238 Å². The van der Waals surface area contributed by atoms with Crippen LogP contribution in [0.2, 0.25) is 0 Å². The molecular formula is C32H21N5O3S. The Kier molecular flexibility index (Phi) is 6.85. The average molecular weight is 556 g/mol. The van der Waals surface area contributed by atoms with Crippen molar-refractivity contribution in [2.75, 3.05) is 5.73 Å². The number of non-ortho nitro benzene ring substituents is 1. The summed E-state index contributed by atoms with van der Waals surface area (Å²) in [5.74, 6) is -0.180. The Morgan fingerprint density at radius 3 is 1.98 bits per heavy atom. The molecule has 8 nitrogen and oxygen atoms in total. The van der Waals surface area contributed by atoms with Crippen LogP contribution in [0, 0.1) is 10.1 Å². The van der Waals surface area contributed by atoms with E-state index in [9.17, 15) is 14.9 Å². The molecule has 2 aromatic heterocycles. The number of hydrogen-bond acceptors (Lipinski definition) is 8. The van der Waals surface area contributed by atoms with E-state index in [2.05, 4.69) is 10.2 Å². The van der Waals surface area contributed by atoms with E-state index in [1.165, 1.54) is 35.6 Å². The second kappa shape index (κ2) is 10.9. The van der Waals surface area contributed by atoms with Gasteiger partial charge in [-0.15, -0.1) is 16.5 Å². The third-order valence-corrected chi connectivity index (χ3v) is 7.63. The molecule has 0 bridgehead atoms. The van der Waals surface area contributed by atoms with Gasteiger partial charge in [-0.3, -0.25) is 14.9 Å². The van der Waals surface area contributed by atoms with Crippen molar-refractivity contribution < 1.29 is 9.72 Å². The number of anilines is 1. The van der Waals surface area contributed by atoms with Gasteiger partial charge in [-0.2, -0.15) is 5.11 Å². The minimum atomic E-state index is -0.465. The number of nitrogens with zero attached hydrogens (tertiary/aromatic N) is 4. The second-order valence-electron chi connectivity index (χ2n) is 9.11. The molecule has 0 saturated carbocycles. The van der Waals surface area contributed by atoms with Crippen LogP contribution >= 0.6 is 11.3 Å². The molecule has 6 rings (SSSR count). The monoisotopic (exact) mass is 555 g/mol.